The minimum Gasteiger partial charge on any atom is -0.388 e. The van der Waals surface area contributed by atoms with Crippen molar-refractivity contribution >= 4 is 17.3 Å². The maximum absolute atomic E-state index is 13.3. The summed E-state index contributed by atoms with van der Waals surface area (Å²) in [4.78, 5) is 8.31. The van der Waals surface area contributed by atoms with Crippen LogP contribution in [-0.2, 0) is 6.54 Å². The summed E-state index contributed by atoms with van der Waals surface area (Å²) in [7, 11) is 3.91. The number of pyridine rings is 1. The zero-order chi connectivity index (χ0) is 14.0. The van der Waals surface area contributed by atoms with Crippen LogP contribution in [0.2, 0.25) is 5.15 Å². The molecule has 6 heteroatoms. The van der Waals surface area contributed by atoms with Gasteiger partial charge in [-0.1, -0.05) is 11.6 Å². The van der Waals surface area contributed by atoms with Crippen molar-refractivity contribution in [2.24, 2.45) is 0 Å². The Kier molecular flexibility index (Phi) is 4.60. The molecular weight excluding hydrogens is 269 g/mol. The van der Waals surface area contributed by atoms with Crippen LogP contribution in [0.15, 0.2) is 12.1 Å². The summed E-state index contributed by atoms with van der Waals surface area (Å²) < 4.78 is 13.3. The lowest BCUT2D eigenvalue weighted by atomic mass is 10.1. The predicted octanol–water partition coefficient (Wildman–Crippen LogP) is 1.71. The van der Waals surface area contributed by atoms with E-state index in [0.717, 1.165) is 11.4 Å². The highest BCUT2D eigenvalue weighted by molar-refractivity contribution is 6.29. The average Bonchev–Trinajstić information content (AvgIpc) is 2.32. The lowest BCUT2D eigenvalue weighted by Crippen LogP contribution is -2.45. The van der Waals surface area contributed by atoms with Crippen molar-refractivity contribution in [2.75, 3.05) is 32.1 Å². The van der Waals surface area contributed by atoms with Crippen molar-refractivity contribution < 1.29 is 9.50 Å². The van der Waals surface area contributed by atoms with Crippen LogP contribution in [0.4, 0.5) is 10.1 Å². The minimum absolute atomic E-state index is 0.297. The number of rotatable bonds is 3. The van der Waals surface area contributed by atoms with Gasteiger partial charge in [0.1, 0.15) is 17.4 Å². The number of nitrogens with zero attached hydrogens (tertiary/aromatic N) is 3. The molecule has 0 aromatic carbocycles. The van der Waals surface area contributed by atoms with Gasteiger partial charge in [0.15, 0.2) is 0 Å². The highest BCUT2D eigenvalue weighted by Gasteiger charge is 2.28. The fraction of sp³-hybridized carbons (Fsp3) is 0.615. The Bertz CT molecular complexity index is 444. The maximum Gasteiger partial charge on any atom is 0.129 e. The molecule has 2 atom stereocenters. The van der Waals surface area contributed by atoms with Crippen molar-refractivity contribution in [3.63, 3.8) is 0 Å². The zero-order valence-corrected chi connectivity index (χ0v) is 11.9. The Hall–Kier alpha value is -0.910. The van der Waals surface area contributed by atoms with Gasteiger partial charge in [-0.15, -0.1) is 0 Å². The van der Waals surface area contributed by atoms with Crippen LogP contribution in [0.3, 0.4) is 0 Å². The van der Waals surface area contributed by atoms with Gasteiger partial charge in [0, 0.05) is 19.6 Å². The zero-order valence-electron chi connectivity index (χ0n) is 11.2. The second-order valence-corrected chi connectivity index (χ2v) is 5.54. The van der Waals surface area contributed by atoms with E-state index in [9.17, 15) is 9.50 Å². The molecule has 106 valence electrons. The first-order valence-corrected chi connectivity index (χ1v) is 6.72. The Morgan fingerprint density at radius 2 is 2.26 bits per heavy atom. The molecule has 0 unspecified atom stereocenters. The fourth-order valence-electron chi connectivity index (χ4n) is 2.29. The van der Waals surface area contributed by atoms with Gasteiger partial charge < -0.3 is 14.9 Å². The van der Waals surface area contributed by atoms with E-state index in [1.54, 1.807) is 6.07 Å². The van der Waals surface area contributed by atoms with E-state index >= 15 is 0 Å². The topological polar surface area (TPSA) is 39.6 Å². The van der Waals surface area contributed by atoms with E-state index in [1.807, 2.05) is 30.0 Å². The first-order chi connectivity index (χ1) is 8.97. The van der Waals surface area contributed by atoms with Crippen LogP contribution in [0, 0.1) is 0 Å². The first kappa shape index (κ1) is 14.5. The third kappa shape index (κ3) is 3.55. The second kappa shape index (κ2) is 6.03. The van der Waals surface area contributed by atoms with Gasteiger partial charge in [0.25, 0.3) is 0 Å². The van der Waals surface area contributed by atoms with Crippen molar-refractivity contribution in [1.29, 1.82) is 0 Å². The number of halogens is 2. The number of hydrogen-bond donors (Lipinski definition) is 1. The second-order valence-electron chi connectivity index (χ2n) is 5.16. The molecule has 1 aliphatic heterocycles. The molecule has 1 aliphatic rings. The van der Waals surface area contributed by atoms with Gasteiger partial charge in [-0.3, -0.25) is 0 Å². The molecule has 0 saturated carbocycles. The van der Waals surface area contributed by atoms with Crippen molar-refractivity contribution in [1.82, 2.24) is 9.88 Å². The number of aromatic nitrogens is 1. The highest BCUT2D eigenvalue weighted by atomic mass is 35.5. The molecule has 1 saturated heterocycles. The van der Waals surface area contributed by atoms with Crippen LogP contribution in [-0.4, -0.2) is 54.5 Å². The van der Waals surface area contributed by atoms with Gasteiger partial charge in [-0.25, -0.2) is 9.37 Å². The lowest BCUT2D eigenvalue weighted by molar-refractivity contribution is 0.0644. The molecule has 0 spiro atoms. The van der Waals surface area contributed by atoms with Crippen LogP contribution in [0.1, 0.15) is 12.1 Å². The first-order valence-electron chi connectivity index (χ1n) is 6.34. The molecular formula is C13H19ClFN3O. The third-order valence-corrected chi connectivity index (χ3v) is 3.43. The van der Waals surface area contributed by atoms with Crippen LogP contribution in [0.25, 0.3) is 0 Å². The Labute approximate surface area is 117 Å². The molecule has 2 rings (SSSR count). The molecule has 1 aromatic rings. The summed E-state index contributed by atoms with van der Waals surface area (Å²) >= 11 is 5.93. The minimum atomic E-state index is -1.13. The quantitative estimate of drug-likeness (QED) is 0.859. The Morgan fingerprint density at radius 1 is 1.53 bits per heavy atom. The summed E-state index contributed by atoms with van der Waals surface area (Å²) in [6, 6.07) is 3.61. The number of alkyl halides is 1. The monoisotopic (exact) mass is 287 g/mol. The maximum atomic E-state index is 13.3. The highest BCUT2D eigenvalue weighted by Crippen LogP contribution is 2.26. The van der Waals surface area contributed by atoms with Gasteiger partial charge in [0.2, 0.25) is 0 Å². The smallest absolute Gasteiger partial charge is 0.129 e. The van der Waals surface area contributed by atoms with Crippen molar-refractivity contribution in [3.8, 4) is 0 Å². The standard InChI is InChI=1S/C13H19ClFN3O/c1-17(2)7-10-11(3-4-13(14)16-10)18-6-5-9(15)12(19)8-18/h3-4,9,12,19H,5-8H2,1-2H3/t9-,12-/m1/s1. The molecule has 0 radical (unpaired) electrons. The van der Waals surface area contributed by atoms with E-state index in [-0.39, 0.29) is 0 Å². The molecule has 0 amide bonds. The summed E-state index contributed by atoms with van der Waals surface area (Å²) in [5, 5.41) is 10.1. The molecule has 19 heavy (non-hydrogen) atoms. The number of anilines is 1. The number of piperidine rings is 1. The van der Waals surface area contributed by atoms with E-state index in [1.165, 1.54) is 0 Å². The molecule has 1 fully saturated rings. The molecule has 1 N–H and O–H groups in total. The Morgan fingerprint density at radius 3 is 2.89 bits per heavy atom. The van der Waals surface area contributed by atoms with E-state index in [2.05, 4.69) is 4.98 Å². The van der Waals surface area contributed by atoms with E-state index in [0.29, 0.717) is 31.2 Å². The van der Waals surface area contributed by atoms with Crippen LogP contribution < -0.4 is 4.90 Å². The number of hydrogen-bond acceptors (Lipinski definition) is 4. The third-order valence-electron chi connectivity index (χ3n) is 3.22. The fourth-order valence-corrected chi connectivity index (χ4v) is 2.46. The summed E-state index contributed by atoms with van der Waals surface area (Å²) in [6.45, 7) is 1.54. The summed E-state index contributed by atoms with van der Waals surface area (Å²) in [5.74, 6) is 0. The van der Waals surface area contributed by atoms with Gasteiger partial charge in [0.05, 0.1) is 11.4 Å². The number of aliphatic hydroxyl groups excluding tert-OH is 1. The van der Waals surface area contributed by atoms with Gasteiger partial charge in [-0.05, 0) is 32.6 Å². The molecule has 4 nitrogen and oxygen atoms in total. The number of β-amino-alcohol motifs (C(OH)–C–C–N with tert-alkyl or cyclic N) is 1. The van der Waals surface area contributed by atoms with E-state index in [4.69, 9.17) is 11.6 Å². The summed E-state index contributed by atoms with van der Waals surface area (Å²) in [5.41, 5.74) is 1.77. The normalized spacial score (nSPS) is 24.0. The molecule has 1 aromatic heterocycles. The molecule has 0 bridgehead atoms. The predicted molar refractivity (Wildman–Crippen MR) is 74.4 cm³/mol. The van der Waals surface area contributed by atoms with Crippen molar-refractivity contribution in [3.05, 3.63) is 23.0 Å². The average molecular weight is 288 g/mol. The molecule has 0 aliphatic carbocycles. The molecule has 2 heterocycles. The van der Waals surface area contributed by atoms with Crippen molar-refractivity contribution in [2.45, 2.75) is 25.2 Å². The van der Waals surface area contributed by atoms with Crippen LogP contribution in [0.5, 0.6) is 0 Å². The van der Waals surface area contributed by atoms with E-state index < -0.39 is 12.3 Å². The Balaban J connectivity index is 2.23. The largest absolute Gasteiger partial charge is 0.388 e. The number of aliphatic hydroxyl groups is 1. The van der Waals surface area contributed by atoms with Gasteiger partial charge in [-0.2, -0.15) is 0 Å². The van der Waals surface area contributed by atoms with Crippen LogP contribution >= 0.6 is 11.6 Å². The lowest BCUT2D eigenvalue weighted by Gasteiger charge is -2.35. The SMILES string of the molecule is CN(C)Cc1nc(Cl)ccc1N1CC[C@@H](F)[C@H](O)C1. The van der Waals surface area contributed by atoms with Gasteiger partial charge >= 0.3 is 0 Å². The summed E-state index contributed by atoms with van der Waals surface area (Å²) in [6.07, 6.45) is -1.73.